The van der Waals surface area contributed by atoms with Crippen LogP contribution in [0.2, 0.25) is 0 Å². The Morgan fingerprint density at radius 1 is 1.36 bits per heavy atom. The van der Waals surface area contributed by atoms with Crippen LogP contribution in [-0.4, -0.2) is 13.2 Å². The van der Waals surface area contributed by atoms with Crippen LogP contribution in [0.15, 0.2) is 24.3 Å². The zero-order valence-corrected chi connectivity index (χ0v) is 7.86. The highest BCUT2D eigenvalue weighted by molar-refractivity contribution is 5.44. The van der Waals surface area contributed by atoms with Crippen molar-refractivity contribution in [1.82, 2.24) is 0 Å². The average molecular weight is 188 g/mol. The van der Waals surface area contributed by atoms with E-state index in [9.17, 15) is 5.26 Å². The summed E-state index contributed by atoms with van der Waals surface area (Å²) < 4.78 is 5.28. The fraction of sp³-hybridized carbons (Fsp3) is 0.364. The first-order valence-corrected chi connectivity index (χ1v) is 4.62. The highest BCUT2D eigenvalue weighted by Gasteiger charge is 2.36. The predicted octanol–water partition coefficient (Wildman–Crippen LogP) is 1.45. The summed E-state index contributed by atoms with van der Waals surface area (Å²) in [6.07, 6.45) is 0.771. The normalized spacial score (nSPS) is 25.9. The molecule has 2 N–H and O–H groups in total. The molecule has 1 atom stereocenters. The van der Waals surface area contributed by atoms with E-state index < -0.39 is 5.41 Å². The molecule has 3 heteroatoms. The van der Waals surface area contributed by atoms with Gasteiger partial charge in [0, 0.05) is 12.3 Å². The van der Waals surface area contributed by atoms with Gasteiger partial charge in [0.15, 0.2) is 0 Å². The molecule has 2 rings (SSSR count). The summed E-state index contributed by atoms with van der Waals surface area (Å²) in [5.74, 6) is 0. The number of hydrogen-bond donors (Lipinski definition) is 1. The Kier molecular flexibility index (Phi) is 2.14. The number of nitrogen functional groups attached to an aromatic ring is 1. The number of ether oxygens (including phenoxy) is 1. The van der Waals surface area contributed by atoms with E-state index in [0.29, 0.717) is 13.2 Å². The molecule has 0 aromatic heterocycles. The van der Waals surface area contributed by atoms with Crippen molar-refractivity contribution in [3.8, 4) is 6.07 Å². The number of benzene rings is 1. The molecule has 0 amide bonds. The molecule has 3 nitrogen and oxygen atoms in total. The minimum absolute atomic E-state index is 0.451. The molecule has 1 aromatic carbocycles. The Labute approximate surface area is 83.1 Å². The van der Waals surface area contributed by atoms with Crippen LogP contribution in [0, 0.1) is 11.3 Å². The van der Waals surface area contributed by atoms with E-state index in [1.807, 2.05) is 24.3 Å². The van der Waals surface area contributed by atoms with Gasteiger partial charge in [0.1, 0.15) is 5.41 Å². The maximum Gasteiger partial charge on any atom is 0.108 e. The lowest BCUT2D eigenvalue weighted by molar-refractivity contribution is 0.186. The number of nitriles is 1. The Balaban J connectivity index is 2.37. The molecule has 1 unspecified atom stereocenters. The lowest BCUT2D eigenvalue weighted by atomic mass is 9.81. The van der Waals surface area contributed by atoms with E-state index >= 15 is 0 Å². The lowest BCUT2D eigenvalue weighted by Gasteiger charge is -2.18. The molecule has 0 saturated carbocycles. The van der Waals surface area contributed by atoms with Gasteiger partial charge in [0.05, 0.1) is 12.7 Å². The largest absolute Gasteiger partial charge is 0.399 e. The van der Waals surface area contributed by atoms with Crippen LogP contribution in [0.3, 0.4) is 0 Å². The van der Waals surface area contributed by atoms with Gasteiger partial charge >= 0.3 is 0 Å². The minimum Gasteiger partial charge on any atom is -0.399 e. The quantitative estimate of drug-likeness (QED) is 0.678. The second-order valence-electron chi connectivity index (χ2n) is 3.62. The summed E-state index contributed by atoms with van der Waals surface area (Å²) in [4.78, 5) is 0. The van der Waals surface area contributed by atoms with Crippen LogP contribution in [0.5, 0.6) is 0 Å². The highest BCUT2D eigenvalue weighted by atomic mass is 16.5. The van der Waals surface area contributed by atoms with E-state index in [1.54, 1.807) is 0 Å². The van der Waals surface area contributed by atoms with Crippen molar-refractivity contribution in [1.29, 1.82) is 5.26 Å². The van der Waals surface area contributed by atoms with Gasteiger partial charge in [-0.25, -0.2) is 0 Å². The maximum atomic E-state index is 9.18. The second kappa shape index (κ2) is 3.32. The van der Waals surface area contributed by atoms with Gasteiger partial charge in [-0.3, -0.25) is 0 Å². The Bertz CT molecular complexity index is 358. The predicted molar refractivity (Wildman–Crippen MR) is 53.6 cm³/mol. The number of hydrogen-bond acceptors (Lipinski definition) is 3. The zero-order valence-electron chi connectivity index (χ0n) is 7.86. The van der Waals surface area contributed by atoms with Gasteiger partial charge in [-0.2, -0.15) is 5.26 Å². The molecule has 1 aliphatic rings. The first kappa shape index (κ1) is 9.04. The van der Waals surface area contributed by atoms with Gasteiger partial charge in [-0.05, 0) is 24.1 Å². The van der Waals surface area contributed by atoms with Crippen LogP contribution >= 0.6 is 0 Å². The van der Waals surface area contributed by atoms with E-state index in [2.05, 4.69) is 6.07 Å². The summed E-state index contributed by atoms with van der Waals surface area (Å²) >= 11 is 0. The first-order valence-electron chi connectivity index (χ1n) is 4.62. The van der Waals surface area contributed by atoms with Crippen molar-refractivity contribution in [2.24, 2.45) is 0 Å². The van der Waals surface area contributed by atoms with Gasteiger partial charge in [-0.15, -0.1) is 0 Å². The van der Waals surface area contributed by atoms with Gasteiger partial charge in [-0.1, -0.05) is 12.1 Å². The average Bonchev–Trinajstić information content (AvgIpc) is 2.68. The molecule has 1 aromatic rings. The van der Waals surface area contributed by atoms with Crippen LogP contribution in [-0.2, 0) is 10.2 Å². The topological polar surface area (TPSA) is 59.0 Å². The van der Waals surface area contributed by atoms with Gasteiger partial charge in [0.25, 0.3) is 0 Å². The van der Waals surface area contributed by atoms with E-state index in [4.69, 9.17) is 10.5 Å². The minimum atomic E-state index is -0.451. The van der Waals surface area contributed by atoms with Crippen LogP contribution < -0.4 is 5.73 Å². The number of nitrogens with two attached hydrogens (primary N) is 1. The summed E-state index contributed by atoms with van der Waals surface area (Å²) in [7, 11) is 0. The van der Waals surface area contributed by atoms with Crippen molar-refractivity contribution in [2.75, 3.05) is 18.9 Å². The SMILES string of the molecule is N#CC1(c2ccc(N)cc2)CCOC1. The standard InChI is InChI=1S/C11H12N2O/c12-7-11(5-6-14-8-11)9-1-3-10(13)4-2-9/h1-4H,5-6,8,13H2. The van der Waals surface area contributed by atoms with E-state index in [0.717, 1.165) is 17.7 Å². The van der Waals surface area contributed by atoms with Crippen molar-refractivity contribution >= 4 is 5.69 Å². The molecule has 0 spiro atoms. The Morgan fingerprint density at radius 3 is 2.57 bits per heavy atom. The monoisotopic (exact) mass is 188 g/mol. The molecule has 14 heavy (non-hydrogen) atoms. The maximum absolute atomic E-state index is 9.18. The third kappa shape index (κ3) is 1.34. The summed E-state index contributed by atoms with van der Waals surface area (Å²) in [5.41, 5.74) is 6.87. The van der Waals surface area contributed by atoms with Gasteiger partial charge in [0.2, 0.25) is 0 Å². The molecular formula is C11H12N2O. The van der Waals surface area contributed by atoms with Crippen molar-refractivity contribution in [3.63, 3.8) is 0 Å². The fourth-order valence-corrected chi connectivity index (χ4v) is 1.75. The molecule has 0 aliphatic carbocycles. The number of rotatable bonds is 1. The smallest absolute Gasteiger partial charge is 0.108 e. The van der Waals surface area contributed by atoms with E-state index in [1.165, 1.54) is 0 Å². The summed E-state index contributed by atoms with van der Waals surface area (Å²) in [6.45, 7) is 1.16. The fourth-order valence-electron chi connectivity index (χ4n) is 1.75. The molecule has 1 heterocycles. The zero-order chi connectivity index (χ0) is 10.0. The van der Waals surface area contributed by atoms with Crippen molar-refractivity contribution in [3.05, 3.63) is 29.8 Å². The number of anilines is 1. The van der Waals surface area contributed by atoms with Crippen LogP contribution in [0.4, 0.5) is 5.69 Å². The molecular weight excluding hydrogens is 176 g/mol. The van der Waals surface area contributed by atoms with Crippen LogP contribution in [0.1, 0.15) is 12.0 Å². The third-order valence-electron chi connectivity index (χ3n) is 2.70. The lowest BCUT2D eigenvalue weighted by Crippen LogP contribution is -2.23. The molecule has 1 saturated heterocycles. The molecule has 1 fully saturated rings. The van der Waals surface area contributed by atoms with E-state index in [-0.39, 0.29) is 0 Å². The van der Waals surface area contributed by atoms with Crippen LogP contribution in [0.25, 0.3) is 0 Å². The first-order chi connectivity index (χ1) is 6.77. The molecule has 0 bridgehead atoms. The Hall–Kier alpha value is -1.53. The van der Waals surface area contributed by atoms with Gasteiger partial charge < -0.3 is 10.5 Å². The third-order valence-corrected chi connectivity index (χ3v) is 2.70. The second-order valence-corrected chi connectivity index (χ2v) is 3.62. The number of nitrogens with zero attached hydrogens (tertiary/aromatic N) is 1. The Morgan fingerprint density at radius 2 is 2.07 bits per heavy atom. The summed E-state index contributed by atoms with van der Waals surface area (Å²) in [6, 6.07) is 9.82. The summed E-state index contributed by atoms with van der Waals surface area (Å²) in [5, 5.41) is 9.18. The van der Waals surface area contributed by atoms with Crippen molar-refractivity contribution in [2.45, 2.75) is 11.8 Å². The molecule has 72 valence electrons. The van der Waals surface area contributed by atoms with Crippen molar-refractivity contribution < 1.29 is 4.74 Å². The molecule has 0 radical (unpaired) electrons. The molecule has 1 aliphatic heterocycles. The highest BCUT2D eigenvalue weighted by Crippen LogP contribution is 2.32.